The fraction of sp³-hybridized carbons (Fsp3) is 0.214. The molecule has 0 atom stereocenters. The maximum atomic E-state index is 11.0. The van der Waals surface area contributed by atoms with Gasteiger partial charge < -0.3 is 10.2 Å². The third-order valence-corrected chi connectivity index (χ3v) is 3.12. The summed E-state index contributed by atoms with van der Waals surface area (Å²) in [7, 11) is 0. The zero-order valence-corrected chi connectivity index (χ0v) is 10.0. The predicted octanol–water partition coefficient (Wildman–Crippen LogP) is 3.17. The van der Waals surface area contributed by atoms with Crippen LogP contribution in [0, 0.1) is 20.8 Å². The van der Waals surface area contributed by atoms with Crippen molar-refractivity contribution in [3.8, 4) is 5.75 Å². The van der Waals surface area contributed by atoms with Gasteiger partial charge in [-0.3, -0.25) is 0 Å². The lowest BCUT2D eigenvalue weighted by Crippen LogP contribution is -1.98. The molecule has 2 N–H and O–H groups in total. The van der Waals surface area contributed by atoms with Gasteiger partial charge in [-0.2, -0.15) is 0 Å². The van der Waals surface area contributed by atoms with E-state index in [1.807, 2.05) is 20.8 Å². The lowest BCUT2D eigenvalue weighted by atomic mass is 9.94. The third-order valence-electron chi connectivity index (χ3n) is 3.12. The average molecular weight is 230 g/mol. The first-order chi connectivity index (χ1) is 7.91. The fourth-order valence-corrected chi connectivity index (χ4v) is 2.24. The molecule has 0 saturated carbocycles. The van der Waals surface area contributed by atoms with Crippen LogP contribution in [-0.4, -0.2) is 16.2 Å². The minimum Gasteiger partial charge on any atom is -0.508 e. The van der Waals surface area contributed by atoms with Crippen LogP contribution in [0.15, 0.2) is 18.2 Å². The molecule has 0 aromatic heterocycles. The van der Waals surface area contributed by atoms with Crippen molar-refractivity contribution in [1.29, 1.82) is 0 Å². The van der Waals surface area contributed by atoms with Gasteiger partial charge in [0, 0.05) is 0 Å². The third kappa shape index (κ3) is 1.73. The number of hydrogen-bond donors (Lipinski definition) is 2. The van der Waals surface area contributed by atoms with Gasteiger partial charge in [-0.15, -0.1) is 0 Å². The van der Waals surface area contributed by atoms with E-state index in [0.717, 1.165) is 27.5 Å². The van der Waals surface area contributed by atoms with Crippen molar-refractivity contribution in [2.45, 2.75) is 20.8 Å². The highest BCUT2D eigenvalue weighted by Crippen LogP contribution is 2.32. The van der Waals surface area contributed by atoms with Gasteiger partial charge >= 0.3 is 5.97 Å². The number of hydrogen-bond acceptors (Lipinski definition) is 2. The highest BCUT2D eigenvalue weighted by molar-refractivity contribution is 5.99. The summed E-state index contributed by atoms with van der Waals surface area (Å²) < 4.78 is 0. The smallest absolute Gasteiger partial charge is 0.335 e. The molecule has 0 aliphatic rings. The van der Waals surface area contributed by atoms with Gasteiger partial charge in [-0.05, 0) is 66.4 Å². The molecule has 17 heavy (non-hydrogen) atoms. The lowest BCUT2D eigenvalue weighted by Gasteiger charge is -2.12. The minimum absolute atomic E-state index is 0.251. The molecule has 3 nitrogen and oxygen atoms in total. The Bertz CT molecular complexity index is 627. The van der Waals surface area contributed by atoms with E-state index in [1.165, 1.54) is 0 Å². The van der Waals surface area contributed by atoms with Crippen molar-refractivity contribution < 1.29 is 15.0 Å². The highest BCUT2D eigenvalue weighted by Gasteiger charge is 2.12. The minimum atomic E-state index is -0.930. The molecule has 0 amide bonds. The van der Waals surface area contributed by atoms with E-state index in [1.54, 1.807) is 18.2 Å². The zero-order valence-electron chi connectivity index (χ0n) is 10.0. The zero-order chi connectivity index (χ0) is 12.7. The van der Waals surface area contributed by atoms with Crippen LogP contribution in [-0.2, 0) is 0 Å². The fourth-order valence-electron chi connectivity index (χ4n) is 2.24. The van der Waals surface area contributed by atoms with Crippen LogP contribution in [0.1, 0.15) is 27.0 Å². The molecule has 0 radical (unpaired) electrons. The van der Waals surface area contributed by atoms with Gasteiger partial charge in [0.2, 0.25) is 0 Å². The number of carboxylic acids is 1. The summed E-state index contributed by atoms with van der Waals surface area (Å²) in [6.07, 6.45) is 0. The van der Waals surface area contributed by atoms with Gasteiger partial charge in [0.1, 0.15) is 5.75 Å². The van der Waals surface area contributed by atoms with Crippen LogP contribution in [0.5, 0.6) is 5.75 Å². The van der Waals surface area contributed by atoms with Crippen molar-refractivity contribution in [3.05, 3.63) is 40.5 Å². The molecule has 0 aliphatic heterocycles. The van der Waals surface area contributed by atoms with E-state index in [2.05, 4.69) is 0 Å². The van der Waals surface area contributed by atoms with Crippen molar-refractivity contribution in [3.63, 3.8) is 0 Å². The van der Waals surface area contributed by atoms with Gasteiger partial charge in [0.15, 0.2) is 0 Å². The molecule has 3 heteroatoms. The number of carboxylic acid groups (broad SMARTS) is 1. The van der Waals surface area contributed by atoms with Gasteiger partial charge in [0.05, 0.1) is 5.56 Å². The Morgan fingerprint density at radius 2 is 1.71 bits per heavy atom. The molecule has 0 unspecified atom stereocenters. The first-order valence-electron chi connectivity index (χ1n) is 5.38. The second-order valence-corrected chi connectivity index (χ2v) is 4.36. The number of fused-ring (bicyclic) bond motifs is 1. The number of benzene rings is 2. The molecule has 2 rings (SSSR count). The Morgan fingerprint density at radius 3 is 2.29 bits per heavy atom. The van der Waals surface area contributed by atoms with Crippen molar-refractivity contribution in [2.24, 2.45) is 0 Å². The lowest BCUT2D eigenvalue weighted by molar-refractivity contribution is 0.0697. The molecule has 0 aliphatic carbocycles. The largest absolute Gasteiger partial charge is 0.508 e. The van der Waals surface area contributed by atoms with E-state index < -0.39 is 5.97 Å². The topological polar surface area (TPSA) is 57.5 Å². The van der Waals surface area contributed by atoms with E-state index in [-0.39, 0.29) is 11.3 Å². The van der Waals surface area contributed by atoms with Crippen LogP contribution >= 0.6 is 0 Å². The number of phenols is 1. The van der Waals surface area contributed by atoms with Crippen LogP contribution < -0.4 is 0 Å². The molecular weight excluding hydrogens is 216 g/mol. The highest BCUT2D eigenvalue weighted by atomic mass is 16.4. The number of aromatic hydroxyl groups is 1. The summed E-state index contributed by atoms with van der Waals surface area (Å²) in [6, 6.07) is 4.96. The molecule has 0 saturated heterocycles. The summed E-state index contributed by atoms with van der Waals surface area (Å²) in [5.74, 6) is -0.679. The number of aryl methyl sites for hydroxylation is 3. The number of rotatable bonds is 1. The molecule has 0 bridgehead atoms. The predicted molar refractivity (Wildman–Crippen MR) is 66.8 cm³/mol. The van der Waals surface area contributed by atoms with Crippen LogP contribution in [0.3, 0.4) is 0 Å². The van der Waals surface area contributed by atoms with Crippen LogP contribution in [0.2, 0.25) is 0 Å². The van der Waals surface area contributed by atoms with Crippen molar-refractivity contribution in [2.75, 3.05) is 0 Å². The Labute approximate surface area is 99.3 Å². The quantitative estimate of drug-likeness (QED) is 0.791. The number of phenolic OH excluding ortho intramolecular Hbond substituents is 1. The first kappa shape index (κ1) is 11.5. The Kier molecular flexibility index (Phi) is 2.54. The summed E-state index contributed by atoms with van der Waals surface area (Å²) in [5.41, 5.74) is 2.83. The van der Waals surface area contributed by atoms with Gasteiger partial charge in [-0.25, -0.2) is 4.79 Å². The SMILES string of the molecule is Cc1cc(O)c(C)c2c(C)cc(C(=O)O)cc12. The van der Waals surface area contributed by atoms with E-state index in [0.29, 0.717) is 0 Å². The monoisotopic (exact) mass is 230 g/mol. The Morgan fingerprint density at radius 1 is 1.06 bits per heavy atom. The molecular formula is C14H14O3. The molecule has 2 aromatic rings. The second-order valence-electron chi connectivity index (χ2n) is 4.36. The van der Waals surface area contributed by atoms with E-state index in [9.17, 15) is 9.90 Å². The van der Waals surface area contributed by atoms with Crippen molar-refractivity contribution in [1.82, 2.24) is 0 Å². The summed E-state index contributed by atoms with van der Waals surface area (Å²) in [6.45, 7) is 5.57. The molecule has 88 valence electrons. The Hall–Kier alpha value is -2.03. The standard InChI is InChI=1S/C14H14O3/c1-7-5-12(15)9(3)13-8(2)4-10(14(16)17)6-11(7)13/h4-6,15H,1-3H3,(H,16,17). The summed E-state index contributed by atoms with van der Waals surface area (Å²) >= 11 is 0. The summed E-state index contributed by atoms with van der Waals surface area (Å²) in [5, 5.41) is 20.6. The molecule has 0 fully saturated rings. The van der Waals surface area contributed by atoms with Gasteiger partial charge in [0.25, 0.3) is 0 Å². The number of carbonyl (C=O) groups is 1. The average Bonchev–Trinajstić information content (AvgIpc) is 2.25. The van der Waals surface area contributed by atoms with E-state index >= 15 is 0 Å². The maximum Gasteiger partial charge on any atom is 0.335 e. The normalized spacial score (nSPS) is 10.8. The van der Waals surface area contributed by atoms with Gasteiger partial charge in [-0.1, -0.05) is 0 Å². The first-order valence-corrected chi connectivity index (χ1v) is 5.38. The van der Waals surface area contributed by atoms with Crippen LogP contribution in [0.4, 0.5) is 0 Å². The second kappa shape index (κ2) is 3.77. The van der Waals surface area contributed by atoms with Crippen LogP contribution in [0.25, 0.3) is 10.8 Å². The van der Waals surface area contributed by atoms with E-state index in [4.69, 9.17) is 5.11 Å². The summed E-state index contributed by atoms with van der Waals surface area (Å²) in [4.78, 5) is 11.0. The maximum absolute atomic E-state index is 11.0. The number of aromatic carboxylic acids is 1. The van der Waals surface area contributed by atoms with Crippen molar-refractivity contribution >= 4 is 16.7 Å². The molecule has 2 aromatic carbocycles. The molecule has 0 spiro atoms. The Balaban J connectivity index is 2.95. The molecule has 0 heterocycles.